The van der Waals surface area contributed by atoms with Crippen LogP contribution in [0.15, 0.2) is 36.7 Å². The number of hydrogen-bond donors (Lipinski definition) is 1. The topological polar surface area (TPSA) is 39.1 Å². The summed E-state index contributed by atoms with van der Waals surface area (Å²) < 4.78 is 7.67. The van der Waals surface area contributed by atoms with Gasteiger partial charge in [-0.05, 0) is 32.9 Å². The summed E-state index contributed by atoms with van der Waals surface area (Å²) in [4.78, 5) is 4.33. The summed E-state index contributed by atoms with van der Waals surface area (Å²) in [5, 5.41) is 3.31. The van der Waals surface area contributed by atoms with E-state index in [2.05, 4.69) is 28.7 Å². The van der Waals surface area contributed by atoms with Crippen molar-refractivity contribution in [3.8, 4) is 5.75 Å². The summed E-state index contributed by atoms with van der Waals surface area (Å²) in [6.45, 7) is 6.88. The fourth-order valence-corrected chi connectivity index (χ4v) is 1.80. The molecule has 0 atom stereocenters. The highest BCUT2D eigenvalue weighted by Crippen LogP contribution is 2.27. The third-order valence-corrected chi connectivity index (χ3v) is 2.66. The molecule has 0 amide bonds. The Balaban J connectivity index is 2.25. The average molecular weight is 245 g/mol. The SMILES string of the molecule is CCOc1ccccc1Nc1nccn1C(C)C. The van der Waals surface area contributed by atoms with Crippen LogP contribution in [0, 0.1) is 0 Å². The fourth-order valence-electron chi connectivity index (χ4n) is 1.80. The average Bonchev–Trinajstić information content (AvgIpc) is 2.80. The number of rotatable bonds is 5. The van der Waals surface area contributed by atoms with Crippen LogP contribution < -0.4 is 10.1 Å². The zero-order valence-electron chi connectivity index (χ0n) is 11.1. The van der Waals surface area contributed by atoms with Crippen molar-refractivity contribution < 1.29 is 4.74 Å². The van der Waals surface area contributed by atoms with Crippen molar-refractivity contribution in [2.24, 2.45) is 0 Å². The quantitative estimate of drug-likeness (QED) is 0.874. The van der Waals surface area contributed by atoms with Gasteiger partial charge in [0.05, 0.1) is 12.3 Å². The van der Waals surface area contributed by atoms with Gasteiger partial charge in [0, 0.05) is 18.4 Å². The zero-order chi connectivity index (χ0) is 13.0. The number of para-hydroxylation sites is 2. The molecule has 18 heavy (non-hydrogen) atoms. The molecule has 1 aromatic carbocycles. The first-order valence-corrected chi connectivity index (χ1v) is 6.24. The van der Waals surface area contributed by atoms with Gasteiger partial charge in [-0.3, -0.25) is 0 Å². The lowest BCUT2D eigenvalue weighted by Gasteiger charge is -2.15. The van der Waals surface area contributed by atoms with Crippen molar-refractivity contribution in [3.63, 3.8) is 0 Å². The minimum atomic E-state index is 0.370. The van der Waals surface area contributed by atoms with E-state index in [1.807, 2.05) is 37.4 Å². The van der Waals surface area contributed by atoms with Gasteiger partial charge in [-0.1, -0.05) is 12.1 Å². The Morgan fingerprint density at radius 3 is 2.83 bits per heavy atom. The molecule has 2 rings (SSSR count). The molecule has 2 aromatic rings. The predicted molar refractivity (Wildman–Crippen MR) is 73.5 cm³/mol. The first kappa shape index (κ1) is 12.5. The molecule has 0 aliphatic rings. The van der Waals surface area contributed by atoms with Crippen LogP contribution in [0.25, 0.3) is 0 Å². The molecule has 0 unspecified atom stereocenters. The number of nitrogens with zero attached hydrogens (tertiary/aromatic N) is 2. The summed E-state index contributed by atoms with van der Waals surface area (Å²) in [6.07, 6.45) is 3.77. The number of imidazole rings is 1. The van der Waals surface area contributed by atoms with E-state index in [-0.39, 0.29) is 0 Å². The number of benzene rings is 1. The highest BCUT2D eigenvalue weighted by atomic mass is 16.5. The third kappa shape index (κ3) is 2.64. The number of anilines is 2. The van der Waals surface area contributed by atoms with Gasteiger partial charge >= 0.3 is 0 Å². The van der Waals surface area contributed by atoms with Crippen LogP contribution >= 0.6 is 0 Å². The number of aromatic nitrogens is 2. The van der Waals surface area contributed by atoms with E-state index in [0.717, 1.165) is 17.4 Å². The highest BCUT2D eigenvalue weighted by Gasteiger charge is 2.08. The Morgan fingerprint density at radius 1 is 1.33 bits per heavy atom. The van der Waals surface area contributed by atoms with E-state index < -0.39 is 0 Å². The Morgan fingerprint density at radius 2 is 2.11 bits per heavy atom. The molecule has 1 N–H and O–H groups in total. The van der Waals surface area contributed by atoms with Crippen LogP contribution in [0.3, 0.4) is 0 Å². The van der Waals surface area contributed by atoms with Crippen LogP contribution in [0.2, 0.25) is 0 Å². The van der Waals surface area contributed by atoms with E-state index in [4.69, 9.17) is 4.74 Å². The van der Waals surface area contributed by atoms with Gasteiger partial charge in [-0.2, -0.15) is 0 Å². The third-order valence-electron chi connectivity index (χ3n) is 2.66. The normalized spacial score (nSPS) is 10.7. The molecule has 0 saturated carbocycles. The van der Waals surface area contributed by atoms with Gasteiger partial charge in [-0.15, -0.1) is 0 Å². The summed E-state index contributed by atoms with van der Waals surface area (Å²) in [5.74, 6) is 1.68. The Kier molecular flexibility index (Phi) is 3.87. The Hall–Kier alpha value is -1.97. The van der Waals surface area contributed by atoms with Crippen molar-refractivity contribution in [2.75, 3.05) is 11.9 Å². The van der Waals surface area contributed by atoms with Gasteiger partial charge in [-0.25, -0.2) is 4.98 Å². The molecule has 0 saturated heterocycles. The maximum atomic E-state index is 5.59. The lowest BCUT2D eigenvalue weighted by Crippen LogP contribution is -2.06. The second kappa shape index (κ2) is 5.58. The lowest BCUT2D eigenvalue weighted by atomic mass is 10.3. The first-order valence-electron chi connectivity index (χ1n) is 6.24. The van der Waals surface area contributed by atoms with Crippen molar-refractivity contribution in [3.05, 3.63) is 36.7 Å². The molecule has 0 radical (unpaired) electrons. The summed E-state index contributed by atoms with van der Waals surface area (Å²) in [7, 11) is 0. The number of hydrogen-bond acceptors (Lipinski definition) is 3. The lowest BCUT2D eigenvalue weighted by molar-refractivity contribution is 0.342. The smallest absolute Gasteiger partial charge is 0.207 e. The maximum Gasteiger partial charge on any atom is 0.207 e. The number of nitrogens with one attached hydrogen (secondary N) is 1. The molecule has 1 heterocycles. The van der Waals surface area contributed by atoms with Crippen molar-refractivity contribution in [1.82, 2.24) is 9.55 Å². The van der Waals surface area contributed by atoms with Crippen LogP contribution in [0.1, 0.15) is 26.8 Å². The highest BCUT2D eigenvalue weighted by molar-refractivity contribution is 5.62. The van der Waals surface area contributed by atoms with Crippen LogP contribution in [-0.2, 0) is 0 Å². The Bertz CT molecular complexity index is 505. The predicted octanol–water partition coefficient (Wildman–Crippen LogP) is 3.61. The van der Waals surface area contributed by atoms with Gasteiger partial charge in [0.25, 0.3) is 0 Å². The minimum Gasteiger partial charge on any atom is -0.492 e. The van der Waals surface area contributed by atoms with E-state index in [0.29, 0.717) is 12.6 Å². The minimum absolute atomic E-state index is 0.370. The van der Waals surface area contributed by atoms with E-state index in [1.54, 1.807) is 6.20 Å². The second-order valence-corrected chi connectivity index (χ2v) is 4.31. The second-order valence-electron chi connectivity index (χ2n) is 4.31. The Labute approximate surface area is 108 Å². The summed E-state index contributed by atoms with van der Waals surface area (Å²) in [6, 6.07) is 8.26. The van der Waals surface area contributed by atoms with Crippen LogP contribution in [0.4, 0.5) is 11.6 Å². The zero-order valence-corrected chi connectivity index (χ0v) is 11.1. The summed E-state index contributed by atoms with van der Waals surface area (Å²) in [5.41, 5.74) is 0.937. The standard InChI is InChI=1S/C14H19N3O/c1-4-18-13-8-6-5-7-12(13)16-14-15-9-10-17(14)11(2)3/h5-11H,4H2,1-3H3,(H,15,16). The van der Waals surface area contributed by atoms with E-state index in [1.165, 1.54) is 0 Å². The largest absolute Gasteiger partial charge is 0.492 e. The molecule has 4 heteroatoms. The molecule has 0 spiro atoms. The first-order chi connectivity index (χ1) is 8.72. The van der Waals surface area contributed by atoms with Crippen molar-refractivity contribution >= 4 is 11.6 Å². The molecular formula is C14H19N3O. The monoisotopic (exact) mass is 245 g/mol. The van der Waals surface area contributed by atoms with Gasteiger partial charge in [0.15, 0.2) is 0 Å². The molecule has 4 nitrogen and oxygen atoms in total. The van der Waals surface area contributed by atoms with E-state index >= 15 is 0 Å². The molecule has 96 valence electrons. The van der Waals surface area contributed by atoms with Gasteiger partial charge in [0.2, 0.25) is 5.95 Å². The van der Waals surface area contributed by atoms with Crippen LogP contribution in [0.5, 0.6) is 5.75 Å². The number of ether oxygens (including phenoxy) is 1. The molecule has 1 aromatic heterocycles. The van der Waals surface area contributed by atoms with E-state index in [9.17, 15) is 0 Å². The fraction of sp³-hybridized carbons (Fsp3) is 0.357. The molecular weight excluding hydrogens is 226 g/mol. The molecule has 0 bridgehead atoms. The van der Waals surface area contributed by atoms with Crippen molar-refractivity contribution in [1.29, 1.82) is 0 Å². The summed E-state index contributed by atoms with van der Waals surface area (Å²) >= 11 is 0. The van der Waals surface area contributed by atoms with Crippen molar-refractivity contribution in [2.45, 2.75) is 26.8 Å². The van der Waals surface area contributed by atoms with Gasteiger partial charge in [0.1, 0.15) is 5.75 Å². The molecule has 0 aliphatic carbocycles. The molecule has 0 aliphatic heterocycles. The van der Waals surface area contributed by atoms with Crippen LogP contribution in [-0.4, -0.2) is 16.2 Å². The molecule has 0 fully saturated rings. The maximum absolute atomic E-state index is 5.59. The van der Waals surface area contributed by atoms with Gasteiger partial charge < -0.3 is 14.6 Å².